The lowest BCUT2D eigenvalue weighted by Crippen LogP contribution is -2.15. The van der Waals surface area contributed by atoms with Crippen molar-refractivity contribution >= 4 is 6.41 Å². The van der Waals surface area contributed by atoms with Gasteiger partial charge in [-0.2, -0.15) is 0 Å². The van der Waals surface area contributed by atoms with Crippen LogP contribution in [0.2, 0.25) is 0 Å². The van der Waals surface area contributed by atoms with Gasteiger partial charge in [0.05, 0.1) is 0 Å². The molecule has 0 spiro atoms. The number of aryl methyl sites for hydroxylation is 1. The van der Waals surface area contributed by atoms with Crippen LogP contribution in [0.15, 0.2) is 54.1 Å². The fraction of sp³-hybridized carbons (Fsp3) is 0.333. The number of hydrogen-bond donors (Lipinski definition) is 1. The number of ether oxygens (including phenoxy) is 1. The minimum absolute atomic E-state index is 0.491. The maximum atomic E-state index is 10.4. The lowest BCUT2D eigenvalue weighted by molar-refractivity contribution is -0.109. The summed E-state index contributed by atoms with van der Waals surface area (Å²) in [6.07, 6.45) is 15.4. The fourth-order valence-electron chi connectivity index (χ4n) is 2.23. The van der Waals surface area contributed by atoms with Gasteiger partial charge in [-0.3, -0.25) is 9.78 Å². The maximum Gasteiger partial charge on any atom is 0.207 e. The first-order valence-electron chi connectivity index (χ1n) is 7.60. The van der Waals surface area contributed by atoms with Crippen molar-refractivity contribution in [3.8, 4) is 0 Å². The third-order valence-electron chi connectivity index (χ3n) is 3.45. The molecule has 0 saturated carbocycles. The Bertz CT molecular complexity index is 589. The van der Waals surface area contributed by atoms with Crippen LogP contribution >= 0.6 is 0 Å². The molecular formula is C18H22N2O2. The summed E-state index contributed by atoms with van der Waals surface area (Å²) in [7, 11) is 0. The molecule has 1 amide bonds. The Labute approximate surface area is 131 Å². The summed E-state index contributed by atoms with van der Waals surface area (Å²) < 4.78 is 5.89. The molecule has 0 bridgehead atoms. The second kappa shape index (κ2) is 8.82. The number of hydrogen-bond acceptors (Lipinski definition) is 3. The van der Waals surface area contributed by atoms with Gasteiger partial charge in [-0.05, 0) is 48.6 Å². The number of amides is 1. The average Bonchev–Trinajstić information content (AvgIpc) is 2.53. The van der Waals surface area contributed by atoms with Gasteiger partial charge in [-0.25, -0.2) is 0 Å². The minimum Gasteiger partial charge on any atom is -0.489 e. The van der Waals surface area contributed by atoms with Crippen LogP contribution in [0.5, 0.6) is 0 Å². The highest BCUT2D eigenvalue weighted by molar-refractivity contribution is 5.47. The summed E-state index contributed by atoms with van der Waals surface area (Å²) >= 11 is 0. The van der Waals surface area contributed by atoms with E-state index in [4.69, 9.17) is 4.74 Å². The number of nitrogens with zero attached hydrogens (tertiary/aromatic N) is 1. The predicted octanol–water partition coefficient (Wildman–Crippen LogP) is 3.07. The molecule has 0 unspecified atom stereocenters. The van der Waals surface area contributed by atoms with E-state index < -0.39 is 0 Å². The highest BCUT2D eigenvalue weighted by Gasteiger charge is 2.03. The fourth-order valence-corrected chi connectivity index (χ4v) is 2.23. The van der Waals surface area contributed by atoms with Gasteiger partial charge in [0.25, 0.3) is 0 Å². The van der Waals surface area contributed by atoms with E-state index in [9.17, 15) is 4.79 Å². The van der Waals surface area contributed by atoms with Crippen molar-refractivity contribution in [3.63, 3.8) is 0 Å². The molecule has 0 atom stereocenters. The standard InChI is InChI=1S/C18H22N2O2/c1-2-15-8-17(12-19-10-15)13-22-18-7-5-3-4-6-16(9-18)11-20-14-21/h3,5,7-10,12,14H,2,4,6,11,13H2,1H3,(H,20,21)/b5-3-,16-9?,18-7?. The molecular weight excluding hydrogens is 276 g/mol. The number of carbonyl (C=O) groups excluding carboxylic acids is 1. The zero-order valence-electron chi connectivity index (χ0n) is 12.9. The Morgan fingerprint density at radius 2 is 2.23 bits per heavy atom. The largest absolute Gasteiger partial charge is 0.489 e. The van der Waals surface area contributed by atoms with Crippen LogP contribution in [0.25, 0.3) is 0 Å². The molecule has 1 aliphatic carbocycles. The van der Waals surface area contributed by atoms with Gasteiger partial charge in [0, 0.05) is 24.5 Å². The summed E-state index contributed by atoms with van der Waals surface area (Å²) in [4.78, 5) is 14.7. The Morgan fingerprint density at radius 1 is 1.36 bits per heavy atom. The molecule has 1 aromatic rings. The van der Waals surface area contributed by atoms with Crippen molar-refractivity contribution in [2.24, 2.45) is 0 Å². The molecule has 0 aromatic carbocycles. The first-order valence-corrected chi connectivity index (χ1v) is 7.60. The van der Waals surface area contributed by atoms with Crippen molar-refractivity contribution in [1.82, 2.24) is 10.3 Å². The van der Waals surface area contributed by atoms with Crippen molar-refractivity contribution in [2.75, 3.05) is 6.54 Å². The monoisotopic (exact) mass is 298 g/mol. The molecule has 1 aliphatic rings. The molecule has 1 heterocycles. The summed E-state index contributed by atoms with van der Waals surface area (Å²) in [5, 5.41) is 2.71. The molecule has 4 heteroatoms. The quantitative estimate of drug-likeness (QED) is 0.787. The average molecular weight is 298 g/mol. The number of pyridine rings is 1. The molecule has 0 radical (unpaired) electrons. The van der Waals surface area contributed by atoms with Gasteiger partial charge in [0.1, 0.15) is 12.4 Å². The Balaban J connectivity index is 2.02. The predicted molar refractivity (Wildman–Crippen MR) is 87.0 cm³/mol. The first kappa shape index (κ1) is 16.0. The second-order valence-electron chi connectivity index (χ2n) is 5.18. The molecule has 0 aliphatic heterocycles. The van der Waals surface area contributed by atoms with E-state index >= 15 is 0 Å². The molecule has 1 N–H and O–H groups in total. The van der Waals surface area contributed by atoms with E-state index in [0.717, 1.165) is 42.6 Å². The molecule has 0 saturated heterocycles. The smallest absolute Gasteiger partial charge is 0.207 e. The number of aromatic nitrogens is 1. The first-order chi connectivity index (χ1) is 10.8. The Kier molecular flexibility index (Phi) is 6.42. The van der Waals surface area contributed by atoms with E-state index in [-0.39, 0.29) is 0 Å². The van der Waals surface area contributed by atoms with Crippen molar-refractivity contribution in [3.05, 3.63) is 65.2 Å². The molecule has 1 aromatic heterocycles. The highest BCUT2D eigenvalue weighted by Crippen LogP contribution is 2.15. The van der Waals surface area contributed by atoms with Crippen LogP contribution in [-0.4, -0.2) is 17.9 Å². The Hall–Kier alpha value is -2.36. The lowest BCUT2D eigenvalue weighted by atomic mass is 10.1. The van der Waals surface area contributed by atoms with Gasteiger partial charge in [-0.1, -0.05) is 19.1 Å². The molecule has 22 heavy (non-hydrogen) atoms. The summed E-state index contributed by atoms with van der Waals surface area (Å²) in [6.45, 7) is 3.16. The van der Waals surface area contributed by atoms with E-state index in [0.29, 0.717) is 13.2 Å². The topological polar surface area (TPSA) is 51.2 Å². The SMILES string of the molecule is CCc1cncc(COC2=C/C=C\CCC(CNC=O)=C2)c1. The van der Waals surface area contributed by atoms with Crippen molar-refractivity contribution in [1.29, 1.82) is 0 Å². The zero-order chi connectivity index (χ0) is 15.6. The number of carbonyl (C=O) groups is 1. The van der Waals surface area contributed by atoms with E-state index in [1.54, 1.807) is 0 Å². The van der Waals surface area contributed by atoms with Gasteiger partial charge >= 0.3 is 0 Å². The van der Waals surface area contributed by atoms with Crippen LogP contribution in [0.3, 0.4) is 0 Å². The van der Waals surface area contributed by atoms with Crippen molar-refractivity contribution < 1.29 is 9.53 Å². The van der Waals surface area contributed by atoms with Crippen molar-refractivity contribution in [2.45, 2.75) is 32.8 Å². The van der Waals surface area contributed by atoms with Crippen LogP contribution in [0.4, 0.5) is 0 Å². The van der Waals surface area contributed by atoms with Crippen LogP contribution in [0, 0.1) is 0 Å². The maximum absolute atomic E-state index is 10.4. The number of rotatable bonds is 7. The molecule has 116 valence electrons. The molecule has 4 nitrogen and oxygen atoms in total. The summed E-state index contributed by atoms with van der Waals surface area (Å²) in [5.41, 5.74) is 3.43. The summed E-state index contributed by atoms with van der Waals surface area (Å²) in [6, 6.07) is 2.12. The van der Waals surface area contributed by atoms with Crippen LogP contribution < -0.4 is 5.32 Å². The third-order valence-corrected chi connectivity index (χ3v) is 3.45. The van der Waals surface area contributed by atoms with E-state index in [2.05, 4.69) is 29.4 Å². The van der Waals surface area contributed by atoms with Gasteiger partial charge < -0.3 is 10.1 Å². The van der Waals surface area contributed by atoms with Gasteiger partial charge in [0.2, 0.25) is 6.41 Å². The molecule has 2 rings (SSSR count). The summed E-state index contributed by atoms with van der Waals surface area (Å²) in [5.74, 6) is 0.806. The van der Waals surface area contributed by atoms with E-state index in [1.807, 2.05) is 30.6 Å². The van der Waals surface area contributed by atoms with Gasteiger partial charge in [-0.15, -0.1) is 0 Å². The third kappa shape index (κ3) is 5.20. The lowest BCUT2D eigenvalue weighted by Gasteiger charge is -2.12. The van der Waals surface area contributed by atoms with Crippen LogP contribution in [-0.2, 0) is 22.6 Å². The normalized spacial score (nSPS) is 15.9. The zero-order valence-corrected chi connectivity index (χ0v) is 12.9. The number of allylic oxidation sites excluding steroid dienone is 4. The Morgan fingerprint density at radius 3 is 3.05 bits per heavy atom. The number of nitrogens with one attached hydrogen (secondary N) is 1. The second-order valence-corrected chi connectivity index (χ2v) is 5.18. The van der Waals surface area contributed by atoms with Gasteiger partial charge in [0.15, 0.2) is 0 Å². The van der Waals surface area contributed by atoms with E-state index in [1.165, 1.54) is 5.56 Å². The van der Waals surface area contributed by atoms with Crippen LogP contribution in [0.1, 0.15) is 30.9 Å². The minimum atomic E-state index is 0.491. The highest BCUT2D eigenvalue weighted by atomic mass is 16.5. The molecule has 0 fully saturated rings.